The number of benzene rings is 2. The van der Waals surface area contributed by atoms with Crippen LogP contribution in [0.4, 0.5) is 4.39 Å². The smallest absolute Gasteiger partial charge is 0.341 e. The number of amides is 1. The SMILES string of the molecule is COC(=O)c1cc(CNC(=O)/C=C/c2c(C)nn(-c3ccc(F)cc3)c2C)ccc1OC. The van der Waals surface area contributed by atoms with Crippen LogP contribution in [0, 0.1) is 19.7 Å². The van der Waals surface area contributed by atoms with Gasteiger partial charge in [0.25, 0.3) is 0 Å². The molecular formula is C24H24FN3O4. The van der Waals surface area contributed by atoms with Crippen LogP contribution in [0.5, 0.6) is 5.75 Å². The molecule has 0 saturated heterocycles. The molecule has 1 heterocycles. The predicted molar refractivity (Wildman–Crippen MR) is 118 cm³/mol. The molecule has 0 aliphatic heterocycles. The standard InChI is InChI=1S/C24H24FN3O4/c1-15-20(16(2)28(27-15)19-8-6-18(25)7-9-19)10-12-23(29)26-14-17-5-11-22(31-3)21(13-17)24(30)32-4/h5-13H,14H2,1-4H3,(H,26,29)/b12-10+. The number of esters is 1. The van der Waals surface area contributed by atoms with Gasteiger partial charge in [0.15, 0.2) is 0 Å². The maximum atomic E-state index is 13.2. The summed E-state index contributed by atoms with van der Waals surface area (Å²) in [4.78, 5) is 24.2. The average Bonchev–Trinajstić information content (AvgIpc) is 3.09. The Balaban J connectivity index is 1.70. The number of nitrogens with zero attached hydrogens (tertiary/aromatic N) is 2. The molecule has 0 aliphatic rings. The van der Waals surface area contributed by atoms with Gasteiger partial charge in [0.1, 0.15) is 17.1 Å². The topological polar surface area (TPSA) is 82.5 Å². The molecule has 7 nitrogen and oxygen atoms in total. The summed E-state index contributed by atoms with van der Waals surface area (Å²) in [5.41, 5.74) is 4.13. The van der Waals surface area contributed by atoms with Crippen molar-refractivity contribution in [1.29, 1.82) is 0 Å². The lowest BCUT2D eigenvalue weighted by Gasteiger charge is -2.09. The summed E-state index contributed by atoms with van der Waals surface area (Å²) in [5, 5.41) is 7.27. The Hall–Kier alpha value is -3.94. The van der Waals surface area contributed by atoms with Gasteiger partial charge in [-0.1, -0.05) is 6.07 Å². The van der Waals surface area contributed by atoms with Gasteiger partial charge in [0.05, 0.1) is 25.6 Å². The molecule has 3 aromatic rings. The van der Waals surface area contributed by atoms with E-state index in [1.807, 2.05) is 13.8 Å². The summed E-state index contributed by atoms with van der Waals surface area (Å²) in [5.74, 6) is -0.730. The maximum absolute atomic E-state index is 13.2. The monoisotopic (exact) mass is 437 g/mol. The second-order valence-electron chi connectivity index (χ2n) is 7.05. The van der Waals surface area contributed by atoms with E-state index in [1.165, 1.54) is 32.4 Å². The Labute approximate surface area is 185 Å². The normalized spacial score (nSPS) is 10.9. The van der Waals surface area contributed by atoms with E-state index in [0.29, 0.717) is 5.75 Å². The van der Waals surface area contributed by atoms with Crippen molar-refractivity contribution in [3.8, 4) is 11.4 Å². The van der Waals surface area contributed by atoms with Crippen LogP contribution in [0.1, 0.15) is 32.9 Å². The van der Waals surface area contributed by atoms with Crippen molar-refractivity contribution < 1.29 is 23.5 Å². The minimum Gasteiger partial charge on any atom is -0.496 e. The van der Waals surface area contributed by atoms with Crippen molar-refractivity contribution in [2.75, 3.05) is 14.2 Å². The van der Waals surface area contributed by atoms with E-state index in [2.05, 4.69) is 10.4 Å². The van der Waals surface area contributed by atoms with Crippen molar-refractivity contribution >= 4 is 18.0 Å². The quantitative estimate of drug-likeness (QED) is 0.450. The third-order valence-corrected chi connectivity index (χ3v) is 4.96. The summed E-state index contributed by atoms with van der Waals surface area (Å²) >= 11 is 0. The van der Waals surface area contributed by atoms with Crippen LogP contribution in [0.15, 0.2) is 48.5 Å². The minimum atomic E-state index is -0.515. The number of methoxy groups -OCH3 is 2. The Morgan fingerprint density at radius 2 is 1.84 bits per heavy atom. The number of ether oxygens (including phenoxy) is 2. The van der Waals surface area contributed by atoms with Gasteiger partial charge >= 0.3 is 5.97 Å². The lowest BCUT2D eigenvalue weighted by atomic mass is 10.1. The number of hydrogen-bond donors (Lipinski definition) is 1. The largest absolute Gasteiger partial charge is 0.496 e. The summed E-state index contributed by atoms with van der Waals surface area (Å²) in [6.45, 7) is 3.95. The number of aromatic nitrogens is 2. The molecule has 166 valence electrons. The Bertz CT molecular complexity index is 1170. The first-order valence-electron chi connectivity index (χ1n) is 9.87. The first kappa shape index (κ1) is 22.7. The fourth-order valence-electron chi connectivity index (χ4n) is 3.27. The first-order chi connectivity index (χ1) is 15.3. The van der Waals surface area contributed by atoms with Gasteiger partial charge in [-0.3, -0.25) is 4.79 Å². The predicted octanol–water partition coefficient (Wildman–Crippen LogP) is 3.75. The maximum Gasteiger partial charge on any atom is 0.341 e. The van der Waals surface area contributed by atoms with E-state index < -0.39 is 5.97 Å². The van der Waals surface area contributed by atoms with Gasteiger partial charge in [0.2, 0.25) is 5.91 Å². The molecule has 0 unspecified atom stereocenters. The minimum absolute atomic E-state index is 0.226. The molecule has 2 aromatic carbocycles. The number of halogens is 1. The van der Waals surface area contributed by atoms with Gasteiger partial charge in [-0.25, -0.2) is 13.9 Å². The number of hydrogen-bond acceptors (Lipinski definition) is 5. The summed E-state index contributed by atoms with van der Waals surface area (Å²) in [7, 11) is 2.76. The van der Waals surface area contributed by atoms with E-state index in [4.69, 9.17) is 9.47 Å². The van der Waals surface area contributed by atoms with Crippen molar-refractivity contribution in [2.24, 2.45) is 0 Å². The number of carbonyl (C=O) groups is 2. The number of rotatable bonds is 7. The van der Waals surface area contributed by atoms with E-state index >= 15 is 0 Å². The van der Waals surface area contributed by atoms with Crippen LogP contribution >= 0.6 is 0 Å². The molecule has 0 saturated carbocycles. The molecule has 1 amide bonds. The van der Waals surface area contributed by atoms with Crippen LogP contribution in [-0.4, -0.2) is 35.9 Å². The second-order valence-corrected chi connectivity index (χ2v) is 7.05. The Morgan fingerprint density at radius 3 is 2.50 bits per heavy atom. The van der Waals surface area contributed by atoms with E-state index in [9.17, 15) is 14.0 Å². The fourth-order valence-corrected chi connectivity index (χ4v) is 3.27. The fraction of sp³-hybridized carbons (Fsp3) is 0.208. The zero-order chi connectivity index (χ0) is 23.3. The zero-order valence-corrected chi connectivity index (χ0v) is 18.3. The lowest BCUT2D eigenvalue weighted by molar-refractivity contribution is -0.116. The van der Waals surface area contributed by atoms with Crippen LogP contribution in [0.25, 0.3) is 11.8 Å². The van der Waals surface area contributed by atoms with Crippen molar-refractivity contribution in [3.63, 3.8) is 0 Å². The van der Waals surface area contributed by atoms with Crippen molar-refractivity contribution in [1.82, 2.24) is 15.1 Å². The lowest BCUT2D eigenvalue weighted by Crippen LogP contribution is -2.20. The molecule has 8 heteroatoms. The van der Waals surface area contributed by atoms with Gasteiger partial charge in [-0.05, 0) is 61.9 Å². The van der Waals surface area contributed by atoms with Crippen molar-refractivity contribution in [2.45, 2.75) is 20.4 Å². The van der Waals surface area contributed by atoms with Crippen molar-refractivity contribution in [3.05, 3.63) is 82.4 Å². The summed E-state index contributed by atoms with van der Waals surface area (Å²) < 4.78 is 24.8. The number of carbonyl (C=O) groups excluding carboxylic acids is 2. The van der Waals surface area contributed by atoms with Crippen LogP contribution in [0.2, 0.25) is 0 Å². The molecule has 32 heavy (non-hydrogen) atoms. The van der Waals surface area contributed by atoms with Gasteiger partial charge in [-0.2, -0.15) is 5.10 Å². The summed E-state index contributed by atoms with van der Waals surface area (Å²) in [6, 6.07) is 11.1. The second kappa shape index (κ2) is 9.91. The molecule has 0 aliphatic carbocycles. The molecular weight excluding hydrogens is 413 g/mol. The van der Waals surface area contributed by atoms with E-state index in [-0.39, 0.29) is 23.8 Å². The number of aryl methyl sites for hydroxylation is 1. The van der Waals surface area contributed by atoms with Crippen LogP contribution in [0.3, 0.4) is 0 Å². The highest BCUT2D eigenvalue weighted by molar-refractivity contribution is 5.93. The molecule has 0 spiro atoms. The van der Waals surface area contributed by atoms with E-state index in [0.717, 1.165) is 28.2 Å². The van der Waals surface area contributed by atoms with Gasteiger partial charge in [0, 0.05) is 23.9 Å². The van der Waals surface area contributed by atoms with Crippen LogP contribution < -0.4 is 10.1 Å². The van der Waals surface area contributed by atoms with Crippen LogP contribution in [-0.2, 0) is 16.1 Å². The molecule has 0 radical (unpaired) electrons. The Morgan fingerprint density at radius 1 is 1.12 bits per heavy atom. The number of nitrogens with one attached hydrogen (secondary N) is 1. The summed E-state index contributed by atoms with van der Waals surface area (Å²) in [6.07, 6.45) is 3.12. The van der Waals surface area contributed by atoms with Gasteiger partial charge in [-0.15, -0.1) is 0 Å². The Kier molecular flexibility index (Phi) is 7.04. The molecule has 3 rings (SSSR count). The highest BCUT2D eigenvalue weighted by Gasteiger charge is 2.14. The first-order valence-corrected chi connectivity index (χ1v) is 9.87. The van der Waals surface area contributed by atoms with Gasteiger partial charge < -0.3 is 14.8 Å². The molecule has 0 bridgehead atoms. The third-order valence-electron chi connectivity index (χ3n) is 4.96. The zero-order valence-electron chi connectivity index (χ0n) is 18.3. The molecule has 1 N–H and O–H groups in total. The third kappa shape index (κ3) is 5.03. The molecule has 1 aromatic heterocycles. The average molecular weight is 437 g/mol. The molecule has 0 fully saturated rings. The highest BCUT2D eigenvalue weighted by Crippen LogP contribution is 2.21. The van der Waals surface area contributed by atoms with E-state index in [1.54, 1.807) is 41.1 Å². The molecule has 0 atom stereocenters. The highest BCUT2D eigenvalue weighted by atomic mass is 19.1.